The van der Waals surface area contributed by atoms with Crippen LogP contribution in [-0.2, 0) is 0 Å². The molecule has 0 saturated carbocycles. The molecule has 2 aromatic rings. The molecule has 2 rings (SSSR count). The molecule has 2 N–H and O–H groups in total. The fourth-order valence-corrected chi connectivity index (χ4v) is 2.28. The van der Waals surface area contributed by atoms with Gasteiger partial charge in [-0.05, 0) is 0 Å². The van der Waals surface area contributed by atoms with Gasteiger partial charge in [0.25, 0.3) is 5.91 Å². The first-order chi connectivity index (χ1) is 8.79. The average Bonchev–Trinajstić information content (AvgIpc) is 3.00. The van der Waals surface area contributed by atoms with Crippen LogP contribution in [-0.4, -0.2) is 27.6 Å². The van der Waals surface area contributed by atoms with Crippen molar-refractivity contribution >= 4 is 33.7 Å². The van der Waals surface area contributed by atoms with Crippen LogP contribution < -0.4 is 5.32 Å². The lowest BCUT2D eigenvalue weighted by Crippen LogP contribution is -2.09. The van der Waals surface area contributed by atoms with Gasteiger partial charge in [-0.1, -0.05) is 23.2 Å². The first-order valence-electron chi connectivity index (χ1n) is 5.05. The van der Waals surface area contributed by atoms with E-state index in [1.54, 1.807) is 11.7 Å². The minimum absolute atomic E-state index is 0.0424. The number of aliphatic hydroxyl groups excluding tert-OH is 1. The molecule has 2 heterocycles. The first-order valence-corrected chi connectivity index (χ1v) is 6.74. The van der Waals surface area contributed by atoms with E-state index in [0.29, 0.717) is 16.4 Å². The van der Waals surface area contributed by atoms with Crippen LogP contribution in [0.1, 0.15) is 21.0 Å². The molecule has 5 nitrogen and oxygen atoms in total. The van der Waals surface area contributed by atoms with Gasteiger partial charge in [0.1, 0.15) is 4.88 Å². The maximum Gasteiger partial charge on any atom is 0.269 e. The van der Waals surface area contributed by atoms with Crippen LogP contribution in [0.15, 0.2) is 17.9 Å². The zero-order chi connectivity index (χ0) is 12.8. The molecule has 7 heteroatoms. The maximum atomic E-state index is 11.7. The normalized spacial score (nSPS) is 9.61. The second kappa shape index (κ2) is 6.26. The summed E-state index contributed by atoms with van der Waals surface area (Å²) in [6.45, 7) is 0.0424. The van der Waals surface area contributed by atoms with E-state index in [-0.39, 0.29) is 12.5 Å². The second-order valence-electron chi connectivity index (χ2n) is 3.12. The summed E-state index contributed by atoms with van der Waals surface area (Å²) in [5.74, 6) is 5.43. The van der Waals surface area contributed by atoms with Gasteiger partial charge in [-0.2, -0.15) is 0 Å². The monoisotopic (exact) mass is 279 g/mol. The van der Waals surface area contributed by atoms with Crippen molar-refractivity contribution < 1.29 is 9.90 Å². The third kappa shape index (κ3) is 3.37. The highest BCUT2D eigenvalue weighted by atomic mass is 32.1. The molecule has 0 atom stereocenters. The summed E-state index contributed by atoms with van der Waals surface area (Å²) >= 11 is 2.57. The molecule has 0 spiro atoms. The van der Waals surface area contributed by atoms with Crippen molar-refractivity contribution in [1.82, 2.24) is 9.97 Å². The van der Waals surface area contributed by atoms with Crippen LogP contribution in [0.5, 0.6) is 0 Å². The highest BCUT2D eigenvalue weighted by molar-refractivity contribution is 7.16. The van der Waals surface area contributed by atoms with Gasteiger partial charge >= 0.3 is 0 Å². The Morgan fingerprint density at radius 2 is 2.39 bits per heavy atom. The number of rotatable bonds is 3. The summed E-state index contributed by atoms with van der Waals surface area (Å²) in [4.78, 5) is 20.9. The van der Waals surface area contributed by atoms with Crippen LogP contribution in [0.2, 0.25) is 0 Å². The summed E-state index contributed by atoms with van der Waals surface area (Å²) in [6.07, 6.45) is 3.54. The lowest BCUT2D eigenvalue weighted by atomic mass is 10.4. The fourth-order valence-electron chi connectivity index (χ4n) is 1.08. The number of carbonyl (C=O) groups excluding carboxylic acids is 1. The van der Waals surface area contributed by atoms with Crippen molar-refractivity contribution in [3.05, 3.63) is 27.7 Å². The van der Waals surface area contributed by atoms with Gasteiger partial charge in [-0.15, -0.1) is 11.3 Å². The van der Waals surface area contributed by atoms with E-state index < -0.39 is 0 Å². The Bertz CT molecular complexity index is 581. The number of aliphatic hydroxyl groups is 1. The number of thiazole rings is 2. The van der Waals surface area contributed by atoms with E-state index in [9.17, 15) is 4.79 Å². The zero-order valence-electron chi connectivity index (χ0n) is 9.21. The SMILES string of the molecule is O=C(Nc1ncc(C#CCCO)s1)c1cncs1. The number of nitrogens with zero attached hydrogens (tertiary/aromatic N) is 2. The number of anilines is 1. The summed E-state index contributed by atoms with van der Waals surface area (Å²) in [5.41, 5.74) is 1.60. The highest BCUT2D eigenvalue weighted by Gasteiger charge is 2.09. The van der Waals surface area contributed by atoms with E-state index in [2.05, 4.69) is 27.1 Å². The van der Waals surface area contributed by atoms with Crippen LogP contribution >= 0.6 is 22.7 Å². The van der Waals surface area contributed by atoms with E-state index in [0.717, 1.165) is 4.88 Å². The highest BCUT2D eigenvalue weighted by Crippen LogP contribution is 2.18. The van der Waals surface area contributed by atoms with Crippen molar-refractivity contribution in [2.24, 2.45) is 0 Å². The van der Waals surface area contributed by atoms with Crippen molar-refractivity contribution in [2.45, 2.75) is 6.42 Å². The molecule has 0 aliphatic rings. The summed E-state index contributed by atoms with van der Waals surface area (Å²) in [7, 11) is 0. The Hall–Kier alpha value is -1.75. The summed E-state index contributed by atoms with van der Waals surface area (Å²) < 4.78 is 0. The van der Waals surface area contributed by atoms with Gasteiger partial charge in [0.15, 0.2) is 5.13 Å². The molecular weight excluding hydrogens is 270 g/mol. The van der Waals surface area contributed by atoms with Gasteiger partial charge < -0.3 is 5.11 Å². The van der Waals surface area contributed by atoms with Gasteiger partial charge in [0.2, 0.25) is 0 Å². The molecule has 18 heavy (non-hydrogen) atoms. The molecule has 0 aliphatic carbocycles. The predicted octanol–water partition coefficient (Wildman–Crippen LogP) is 1.59. The zero-order valence-corrected chi connectivity index (χ0v) is 10.8. The minimum atomic E-state index is -0.221. The third-order valence-electron chi connectivity index (χ3n) is 1.83. The molecule has 0 aliphatic heterocycles. The minimum Gasteiger partial charge on any atom is -0.395 e. The second-order valence-corrected chi connectivity index (χ2v) is 5.04. The van der Waals surface area contributed by atoms with Crippen molar-refractivity contribution in [1.29, 1.82) is 0 Å². The largest absolute Gasteiger partial charge is 0.395 e. The van der Waals surface area contributed by atoms with Gasteiger partial charge in [-0.3, -0.25) is 15.1 Å². The van der Waals surface area contributed by atoms with Gasteiger partial charge in [0.05, 0.1) is 29.4 Å². The van der Waals surface area contributed by atoms with E-state index in [4.69, 9.17) is 5.11 Å². The third-order valence-corrected chi connectivity index (χ3v) is 3.43. The topological polar surface area (TPSA) is 75.1 Å². The average molecular weight is 279 g/mol. The lowest BCUT2D eigenvalue weighted by Gasteiger charge is -1.96. The molecule has 92 valence electrons. The Kier molecular flexibility index (Phi) is 4.41. The molecule has 2 aromatic heterocycles. The van der Waals surface area contributed by atoms with Crippen LogP contribution in [0.3, 0.4) is 0 Å². The summed E-state index contributed by atoms with van der Waals surface area (Å²) in [5, 5.41) is 11.8. The first kappa shape index (κ1) is 12.7. The van der Waals surface area contributed by atoms with E-state index in [1.807, 2.05) is 0 Å². The van der Waals surface area contributed by atoms with Crippen LogP contribution in [0, 0.1) is 11.8 Å². The molecule has 0 saturated heterocycles. The number of hydrogen-bond acceptors (Lipinski definition) is 6. The smallest absolute Gasteiger partial charge is 0.269 e. The van der Waals surface area contributed by atoms with Crippen molar-refractivity contribution in [3.8, 4) is 11.8 Å². The molecule has 0 aromatic carbocycles. The Labute approximate surface area is 112 Å². The van der Waals surface area contributed by atoms with E-state index >= 15 is 0 Å². The summed E-state index contributed by atoms with van der Waals surface area (Å²) in [6, 6.07) is 0. The van der Waals surface area contributed by atoms with Gasteiger partial charge in [0, 0.05) is 6.42 Å². The van der Waals surface area contributed by atoms with Crippen LogP contribution in [0.25, 0.3) is 0 Å². The number of aromatic nitrogens is 2. The Morgan fingerprint density at radius 3 is 3.11 bits per heavy atom. The Balaban J connectivity index is 1.99. The molecule has 0 radical (unpaired) electrons. The molecule has 1 amide bonds. The molecule has 0 fully saturated rings. The standard InChI is InChI=1S/C11H9N3O2S2/c15-4-2-1-3-8-5-13-11(18-8)14-10(16)9-6-12-7-17-9/h5-7,15H,2,4H2,(H,13,14,16). The lowest BCUT2D eigenvalue weighted by molar-refractivity contribution is 0.103. The number of nitrogens with one attached hydrogen (secondary N) is 1. The van der Waals surface area contributed by atoms with Crippen molar-refractivity contribution in [2.75, 3.05) is 11.9 Å². The fraction of sp³-hybridized carbons (Fsp3) is 0.182. The number of carbonyl (C=O) groups is 1. The number of amides is 1. The maximum absolute atomic E-state index is 11.7. The number of hydrogen-bond donors (Lipinski definition) is 2. The Morgan fingerprint density at radius 1 is 1.50 bits per heavy atom. The van der Waals surface area contributed by atoms with Crippen LogP contribution in [0.4, 0.5) is 5.13 Å². The van der Waals surface area contributed by atoms with E-state index in [1.165, 1.54) is 28.9 Å². The predicted molar refractivity (Wildman–Crippen MR) is 70.8 cm³/mol. The molecule has 0 bridgehead atoms. The van der Waals surface area contributed by atoms with Crippen molar-refractivity contribution in [3.63, 3.8) is 0 Å². The van der Waals surface area contributed by atoms with Gasteiger partial charge in [-0.25, -0.2) is 4.98 Å². The quantitative estimate of drug-likeness (QED) is 0.837. The molecule has 0 unspecified atom stereocenters. The molecular formula is C11H9N3O2S2.